The Hall–Kier alpha value is -0.570. The Bertz CT molecular complexity index is 140. The Kier molecular flexibility index (Phi) is 2.88. The van der Waals surface area contributed by atoms with Crippen molar-refractivity contribution in [2.24, 2.45) is 0 Å². The first-order valence-corrected chi connectivity index (χ1v) is 3.97. The molecule has 0 N–H and O–H groups in total. The lowest BCUT2D eigenvalue weighted by atomic mass is 9.96. The number of carbonyl (C=O) groups excluding carboxylic acids is 1. The summed E-state index contributed by atoms with van der Waals surface area (Å²) in [5.41, 5.74) is 0. The average molecular weight is 158 g/mol. The van der Waals surface area contributed by atoms with Gasteiger partial charge in [-0.25, -0.2) is 4.79 Å². The van der Waals surface area contributed by atoms with Crippen LogP contribution in [0.25, 0.3) is 0 Å². The monoisotopic (exact) mass is 158 g/mol. The lowest BCUT2D eigenvalue weighted by molar-refractivity contribution is -0.159. The van der Waals surface area contributed by atoms with Crippen LogP contribution < -0.4 is 0 Å². The summed E-state index contributed by atoms with van der Waals surface area (Å²) in [4.78, 5) is 10.8. The quantitative estimate of drug-likeness (QED) is 0.577. The van der Waals surface area contributed by atoms with Gasteiger partial charge in [-0.05, 0) is 26.2 Å². The van der Waals surface area contributed by atoms with E-state index in [4.69, 9.17) is 4.74 Å². The third-order valence-electron chi connectivity index (χ3n) is 1.98. The second-order valence-electron chi connectivity index (χ2n) is 2.85. The molecule has 1 fully saturated rings. The molecule has 1 saturated carbocycles. The summed E-state index contributed by atoms with van der Waals surface area (Å²) in [5, 5.41) is 0. The summed E-state index contributed by atoms with van der Waals surface area (Å²) >= 11 is 0. The molecule has 0 spiro atoms. The molecule has 0 saturated heterocycles. The van der Waals surface area contributed by atoms with Crippen molar-refractivity contribution in [2.45, 2.75) is 38.4 Å². The van der Waals surface area contributed by atoms with E-state index in [-0.39, 0.29) is 5.97 Å². The lowest BCUT2D eigenvalue weighted by Gasteiger charge is -2.27. The first-order valence-electron chi connectivity index (χ1n) is 3.97. The first kappa shape index (κ1) is 8.53. The van der Waals surface area contributed by atoms with Crippen LogP contribution in [0.1, 0.15) is 26.2 Å². The Labute approximate surface area is 66.7 Å². The second kappa shape index (κ2) is 3.72. The predicted molar refractivity (Wildman–Crippen MR) is 40.2 cm³/mol. The molecule has 1 rings (SSSR count). The van der Waals surface area contributed by atoms with Crippen LogP contribution in [-0.2, 0) is 14.3 Å². The highest BCUT2D eigenvalue weighted by Gasteiger charge is 2.24. The van der Waals surface area contributed by atoms with Crippen LogP contribution in [0, 0.1) is 0 Å². The standard InChI is InChI=1S/C8H14O3/c1-6(8(9)10-2)11-7-4-3-5-7/h6-7H,3-5H2,1-2H3/t6-/m1/s1. The molecule has 0 unspecified atom stereocenters. The van der Waals surface area contributed by atoms with Crippen LogP contribution in [-0.4, -0.2) is 25.3 Å². The minimum atomic E-state index is -0.398. The van der Waals surface area contributed by atoms with Gasteiger partial charge in [0.25, 0.3) is 0 Å². The van der Waals surface area contributed by atoms with E-state index in [1.54, 1.807) is 6.92 Å². The molecule has 3 heteroatoms. The van der Waals surface area contributed by atoms with E-state index in [2.05, 4.69) is 4.74 Å². The van der Waals surface area contributed by atoms with Gasteiger partial charge < -0.3 is 9.47 Å². The van der Waals surface area contributed by atoms with Crippen LogP contribution in [0.4, 0.5) is 0 Å². The molecule has 0 radical (unpaired) electrons. The zero-order chi connectivity index (χ0) is 8.27. The van der Waals surface area contributed by atoms with Crippen LogP contribution in [0.5, 0.6) is 0 Å². The van der Waals surface area contributed by atoms with E-state index in [1.807, 2.05) is 0 Å². The summed E-state index contributed by atoms with van der Waals surface area (Å²) in [6.07, 6.45) is 3.29. The van der Waals surface area contributed by atoms with Gasteiger partial charge in [-0.3, -0.25) is 0 Å². The second-order valence-corrected chi connectivity index (χ2v) is 2.85. The molecule has 1 aliphatic carbocycles. The maximum absolute atomic E-state index is 10.8. The van der Waals surface area contributed by atoms with E-state index < -0.39 is 6.10 Å². The number of esters is 1. The normalized spacial score (nSPS) is 20.5. The molecular formula is C8H14O3. The number of hydrogen-bond acceptors (Lipinski definition) is 3. The maximum Gasteiger partial charge on any atom is 0.334 e. The molecular weight excluding hydrogens is 144 g/mol. The molecule has 64 valence electrons. The Morgan fingerprint density at radius 2 is 2.18 bits per heavy atom. The zero-order valence-electron chi connectivity index (χ0n) is 7.00. The number of ether oxygens (including phenoxy) is 2. The molecule has 0 aromatic carbocycles. The van der Waals surface area contributed by atoms with Crippen LogP contribution in [0.2, 0.25) is 0 Å². The minimum Gasteiger partial charge on any atom is -0.467 e. The van der Waals surface area contributed by atoms with E-state index in [0.29, 0.717) is 6.10 Å². The van der Waals surface area contributed by atoms with Gasteiger partial charge >= 0.3 is 5.97 Å². The van der Waals surface area contributed by atoms with Crippen molar-refractivity contribution >= 4 is 5.97 Å². The van der Waals surface area contributed by atoms with Gasteiger partial charge in [-0.2, -0.15) is 0 Å². The largest absolute Gasteiger partial charge is 0.467 e. The molecule has 3 nitrogen and oxygen atoms in total. The molecule has 1 aliphatic rings. The topological polar surface area (TPSA) is 35.5 Å². The van der Waals surface area contributed by atoms with Crippen molar-refractivity contribution in [3.8, 4) is 0 Å². The van der Waals surface area contributed by atoms with Gasteiger partial charge in [0.15, 0.2) is 6.10 Å². The minimum absolute atomic E-state index is 0.281. The smallest absolute Gasteiger partial charge is 0.334 e. The number of hydrogen-bond donors (Lipinski definition) is 0. The fourth-order valence-electron chi connectivity index (χ4n) is 1.02. The average Bonchev–Trinajstić information content (AvgIpc) is 1.94. The molecule has 1 atom stereocenters. The summed E-state index contributed by atoms with van der Waals surface area (Å²) in [7, 11) is 1.38. The molecule has 0 aliphatic heterocycles. The van der Waals surface area contributed by atoms with E-state index in [1.165, 1.54) is 13.5 Å². The van der Waals surface area contributed by atoms with Crippen molar-refractivity contribution < 1.29 is 14.3 Å². The van der Waals surface area contributed by atoms with E-state index in [0.717, 1.165) is 12.8 Å². The molecule has 0 aromatic rings. The van der Waals surface area contributed by atoms with E-state index in [9.17, 15) is 4.79 Å². The lowest BCUT2D eigenvalue weighted by Crippen LogP contribution is -2.31. The summed E-state index contributed by atoms with van der Waals surface area (Å²) in [6, 6.07) is 0. The number of methoxy groups -OCH3 is 1. The highest BCUT2D eigenvalue weighted by Crippen LogP contribution is 2.23. The number of carbonyl (C=O) groups is 1. The van der Waals surface area contributed by atoms with Crippen LogP contribution >= 0.6 is 0 Å². The molecule has 11 heavy (non-hydrogen) atoms. The summed E-state index contributed by atoms with van der Waals surface area (Å²) < 4.78 is 9.88. The Morgan fingerprint density at radius 3 is 2.55 bits per heavy atom. The Morgan fingerprint density at radius 1 is 1.55 bits per heavy atom. The van der Waals surface area contributed by atoms with Gasteiger partial charge in [0.1, 0.15) is 0 Å². The first-order chi connectivity index (χ1) is 5.24. The Balaban J connectivity index is 2.18. The van der Waals surface area contributed by atoms with Crippen molar-refractivity contribution in [3.05, 3.63) is 0 Å². The highest BCUT2D eigenvalue weighted by molar-refractivity contribution is 5.73. The molecule has 0 amide bonds. The van der Waals surface area contributed by atoms with Crippen molar-refractivity contribution in [1.82, 2.24) is 0 Å². The molecule has 0 bridgehead atoms. The van der Waals surface area contributed by atoms with Crippen LogP contribution in [0.3, 0.4) is 0 Å². The molecule has 0 heterocycles. The SMILES string of the molecule is COC(=O)[C@@H](C)OC1CCC1. The maximum atomic E-state index is 10.8. The van der Waals surface area contributed by atoms with Crippen molar-refractivity contribution in [3.63, 3.8) is 0 Å². The zero-order valence-corrected chi connectivity index (χ0v) is 7.00. The summed E-state index contributed by atoms with van der Waals surface area (Å²) in [6.45, 7) is 1.73. The van der Waals surface area contributed by atoms with Gasteiger partial charge in [-0.1, -0.05) is 0 Å². The van der Waals surface area contributed by atoms with Gasteiger partial charge in [0, 0.05) is 0 Å². The van der Waals surface area contributed by atoms with Crippen molar-refractivity contribution in [1.29, 1.82) is 0 Å². The summed E-state index contributed by atoms with van der Waals surface area (Å²) in [5.74, 6) is -0.281. The number of rotatable bonds is 3. The molecule has 0 aromatic heterocycles. The third kappa shape index (κ3) is 2.19. The van der Waals surface area contributed by atoms with Crippen LogP contribution in [0.15, 0.2) is 0 Å². The predicted octanol–water partition coefficient (Wildman–Crippen LogP) is 1.12. The van der Waals surface area contributed by atoms with Crippen molar-refractivity contribution in [2.75, 3.05) is 7.11 Å². The highest BCUT2D eigenvalue weighted by atomic mass is 16.6. The fourth-order valence-corrected chi connectivity index (χ4v) is 1.02. The van der Waals surface area contributed by atoms with Gasteiger partial charge in [-0.15, -0.1) is 0 Å². The van der Waals surface area contributed by atoms with E-state index >= 15 is 0 Å². The van der Waals surface area contributed by atoms with Gasteiger partial charge in [0.05, 0.1) is 13.2 Å². The fraction of sp³-hybridized carbons (Fsp3) is 0.875. The third-order valence-corrected chi connectivity index (χ3v) is 1.98. The van der Waals surface area contributed by atoms with Gasteiger partial charge in [0.2, 0.25) is 0 Å².